The van der Waals surface area contributed by atoms with E-state index < -0.39 is 0 Å². The molecule has 29 heavy (non-hydrogen) atoms. The number of ether oxygens (including phenoxy) is 2. The molecule has 7 heteroatoms. The van der Waals surface area contributed by atoms with Crippen molar-refractivity contribution in [2.24, 2.45) is 0 Å². The minimum Gasteiger partial charge on any atom is -0.497 e. The lowest BCUT2D eigenvalue weighted by atomic mass is 10.1. The molecule has 1 fully saturated rings. The summed E-state index contributed by atoms with van der Waals surface area (Å²) in [7, 11) is 1.57. The van der Waals surface area contributed by atoms with Crippen LogP contribution in [0.5, 0.6) is 5.75 Å². The van der Waals surface area contributed by atoms with Crippen LogP contribution in [-0.4, -0.2) is 62.7 Å². The van der Waals surface area contributed by atoms with Gasteiger partial charge in [0.25, 0.3) is 11.8 Å². The van der Waals surface area contributed by atoms with E-state index in [1.54, 1.807) is 55.6 Å². The highest BCUT2D eigenvalue weighted by atomic mass is 16.5. The zero-order valence-corrected chi connectivity index (χ0v) is 16.8. The monoisotopic (exact) mass is 397 g/mol. The van der Waals surface area contributed by atoms with Gasteiger partial charge < -0.3 is 20.1 Å². The first kappa shape index (κ1) is 20.8. The van der Waals surface area contributed by atoms with E-state index in [2.05, 4.69) is 15.5 Å². The Morgan fingerprint density at radius 1 is 1.07 bits per heavy atom. The maximum atomic E-state index is 12.8. The first-order valence-electron chi connectivity index (χ1n) is 9.72. The molecule has 0 aliphatic carbocycles. The van der Waals surface area contributed by atoms with Crippen LogP contribution in [0.25, 0.3) is 0 Å². The minimum absolute atomic E-state index is 0.0223. The lowest BCUT2D eigenvalue weighted by Gasteiger charge is -2.29. The third-order valence-electron chi connectivity index (χ3n) is 4.79. The van der Waals surface area contributed by atoms with Crippen molar-refractivity contribution in [2.75, 3.05) is 45.3 Å². The molecule has 7 nitrogen and oxygen atoms in total. The Balaban J connectivity index is 1.64. The van der Waals surface area contributed by atoms with Crippen LogP contribution in [0.2, 0.25) is 0 Å². The summed E-state index contributed by atoms with van der Waals surface area (Å²) < 4.78 is 10.5. The van der Waals surface area contributed by atoms with Gasteiger partial charge in [0.15, 0.2) is 0 Å². The molecule has 1 atom stereocenters. The molecule has 1 unspecified atom stereocenters. The average Bonchev–Trinajstić information content (AvgIpc) is 2.74. The molecule has 0 bridgehead atoms. The van der Waals surface area contributed by atoms with E-state index in [1.165, 1.54) is 0 Å². The highest BCUT2D eigenvalue weighted by Crippen LogP contribution is 2.18. The van der Waals surface area contributed by atoms with Gasteiger partial charge in [0.1, 0.15) is 5.75 Å². The molecule has 2 amide bonds. The first-order valence-corrected chi connectivity index (χ1v) is 9.72. The molecule has 1 saturated heterocycles. The number of anilines is 1. The number of carbonyl (C=O) groups excluding carboxylic acids is 2. The lowest BCUT2D eigenvalue weighted by molar-refractivity contribution is 0.0342. The quantitative estimate of drug-likeness (QED) is 0.750. The molecule has 2 aromatic carbocycles. The molecule has 0 spiro atoms. The van der Waals surface area contributed by atoms with Gasteiger partial charge in [-0.15, -0.1) is 0 Å². The second-order valence-corrected chi connectivity index (χ2v) is 7.02. The van der Waals surface area contributed by atoms with Crippen molar-refractivity contribution >= 4 is 17.5 Å². The SMILES string of the molecule is COc1ccc(C(=O)Nc2ccccc2C(=O)NC(C)CN2CCOCC2)cc1. The lowest BCUT2D eigenvalue weighted by Crippen LogP contribution is -2.46. The molecule has 2 N–H and O–H groups in total. The van der Waals surface area contributed by atoms with Gasteiger partial charge in [-0.2, -0.15) is 0 Å². The number of nitrogens with one attached hydrogen (secondary N) is 2. The van der Waals surface area contributed by atoms with E-state index in [4.69, 9.17) is 9.47 Å². The van der Waals surface area contributed by atoms with Gasteiger partial charge in [0, 0.05) is 31.2 Å². The maximum absolute atomic E-state index is 12.8. The average molecular weight is 397 g/mol. The van der Waals surface area contributed by atoms with Crippen LogP contribution < -0.4 is 15.4 Å². The molecule has 1 heterocycles. The normalized spacial score (nSPS) is 15.4. The van der Waals surface area contributed by atoms with Crippen molar-refractivity contribution in [1.82, 2.24) is 10.2 Å². The molecular weight excluding hydrogens is 370 g/mol. The van der Waals surface area contributed by atoms with Crippen molar-refractivity contribution < 1.29 is 19.1 Å². The van der Waals surface area contributed by atoms with Crippen LogP contribution >= 0.6 is 0 Å². The number of para-hydroxylation sites is 1. The molecule has 154 valence electrons. The Bertz CT molecular complexity index is 832. The maximum Gasteiger partial charge on any atom is 0.255 e. The zero-order chi connectivity index (χ0) is 20.6. The number of amides is 2. The largest absolute Gasteiger partial charge is 0.497 e. The number of hydrogen-bond acceptors (Lipinski definition) is 5. The number of methoxy groups -OCH3 is 1. The van der Waals surface area contributed by atoms with Crippen molar-refractivity contribution in [3.63, 3.8) is 0 Å². The van der Waals surface area contributed by atoms with E-state index >= 15 is 0 Å². The Kier molecular flexibility index (Phi) is 7.21. The molecule has 0 saturated carbocycles. The Labute approximate surface area is 171 Å². The summed E-state index contributed by atoms with van der Waals surface area (Å²) in [5, 5.41) is 5.86. The van der Waals surface area contributed by atoms with Gasteiger partial charge in [-0.25, -0.2) is 0 Å². The van der Waals surface area contributed by atoms with E-state index in [-0.39, 0.29) is 17.9 Å². The summed E-state index contributed by atoms with van der Waals surface area (Å²) in [4.78, 5) is 27.6. The summed E-state index contributed by atoms with van der Waals surface area (Å²) in [6.45, 7) is 5.92. The third-order valence-corrected chi connectivity index (χ3v) is 4.79. The molecule has 3 rings (SSSR count). The fraction of sp³-hybridized carbons (Fsp3) is 0.364. The van der Waals surface area contributed by atoms with Crippen LogP contribution in [0.1, 0.15) is 27.6 Å². The van der Waals surface area contributed by atoms with Gasteiger partial charge in [-0.3, -0.25) is 14.5 Å². The number of benzene rings is 2. The van der Waals surface area contributed by atoms with Gasteiger partial charge in [-0.1, -0.05) is 12.1 Å². The van der Waals surface area contributed by atoms with E-state index in [0.29, 0.717) is 22.6 Å². The van der Waals surface area contributed by atoms with Crippen LogP contribution in [0.4, 0.5) is 5.69 Å². The van der Waals surface area contributed by atoms with E-state index in [1.807, 2.05) is 6.92 Å². The van der Waals surface area contributed by atoms with Crippen LogP contribution in [-0.2, 0) is 4.74 Å². The number of carbonyl (C=O) groups is 2. The second-order valence-electron chi connectivity index (χ2n) is 7.02. The number of morpholine rings is 1. The highest BCUT2D eigenvalue weighted by Gasteiger charge is 2.18. The van der Waals surface area contributed by atoms with Crippen LogP contribution in [0.15, 0.2) is 48.5 Å². The minimum atomic E-state index is -0.283. The van der Waals surface area contributed by atoms with Crippen molar-refractivity contribution in [1.29, 1.82) is 0 Å². The summed E-state index contributed by atoms with van der Waals surface area (Å²) in [6, 6.07) is 13.8. The second kappa shape index (κ2) is 10.0. The van der Waals surface area contributed by atoms with E-state index in [0.717, 1.165) is 32.8 Å². The summed E-state index contributed by atoms with van der Waals surface area (Å²) in [5.41, 5.74) is 1.40. The summed E-state index contributed by atoms with van der Waals surface area (Å²) in [6.07, 6.45) is 0. The van der Waals surface area contributed by atoms with Gasteiger partial charge in [0.2, 0.25) is 0 Å². The van der Waals surface area contributed by atoms with Gasteiger partial charge in [0.05, 0.1) is 31.6 Å². The molecule has 2 aromatic rings. The topological polar surface area (TPSA) is 79.9 Å². The van der Waals surface area contributed by atoms with Gasteiger partial charge >= 0.3 is 0 Å². The molecule has 0 aromatic heterocycles. The first-order chi connectivity index (χ1) is 14.1. The van der Waals surface area contributed by atoms with Crippen molar-refractivity contribution in [3.8, 4) is 5.75 Å². The van der Waals surface area contributed by atoms with Crippen molar-refractivity contribution in [2.45, 2.75) is 13.0 Å². The predicted molar refractivity (Wildman–Crippen MR) is 112 cm³/mol. The third kappa shape index (κ3) is 5.79. The fourth-order valence-corrected chi connectivity index (χ4v) is 3.25. The predicted octanol–water partition coefficient (Wildman–Crippen LogP) is 2.40. The standard InChI is InChI=1S/C22H27N3O4/c1-16(15-25-11-13-29-14-12-25)23-22(27)19-5-3-4-6-20(19)24-21(26)17-7-9-18(28-2)10-8-17/h3-10,16H,11-15H2,1-2H3,(H,23,27)(H,24,26). The molecule has 1 aliphatic rings. The zero-order valence-electron chi connectivity index (χ0n) is 16.8. The number of nitrogens with zero attached hydrogens (tertiary/aromatic N) is 1. The summed E-state index contributed by atoms with van der Waals surface area (Å²) in [5.74, 6) is 0.182. The summed E-state index contributed by atoms with van der Waals surface area (Å²) >= 11 is 0. The van der Waals surface area contributed by atoms with Crippen LogP contribution in [0.3, 0.4) is 0 Å². The smallest absolute Gasteiger partial charge is 0.255 e. The molecular formula is C22H27N3O4. The van der Waals surface area contributed by atoms with Crippen LogP contribution in [0, 0.1) is 0 Å². The Hall–Kier alpha value is -2.90. The molecule has 1 aliphatic heterocycles. The Morgan fingerprint density at radius 3 is 2.45 bits per heavy atom. The molecule has 0 radical (unpaired) electrons. The van der Waals surface area contributed by atoms with E-state index in [9.17, 15) is 9.59 Å². The van der Waals surface area contributed by atoms with Gasteiger partial charge in [-0.05, 0) is 43.3 Å². The van der Waals surface area contributed by atoms with Crippen molar-refractivity contribution in [3.05, 3.63) is 59.7 Å². The fourth-order valence-electron chi connectivity index (χ4n) is 3.25. The number of hydrogen-bond donors (Lipinski definition) is 2. The Morgan fingerprint density at radius 2 is 1.76 bits per heavy atom. The number of rotatable bonds is 7. The highest BCUT2D eigenvalue weighted by molar-refractivity contribution is 6.09.